The number of rotatable bonds is 6. The van der Waals surface area contributed by atoms with E-state index in [9.17, 15) is 10.1 Å². The Kier molecular flexibility index (Phi) is 5.28. The van der Waals surface area contributed by atoms with Crippen LogP contribution in [0.5, 0.6) is 0 Å². The monoisotopic (exact) mass is 250 g/mol. The molecular weight excluding hydrogens is 228 g/mol. The smallest absolute Gasteiger partial charge is 0.269 e. The fourth-order valence-electron chi connectivity index (χ4n) is 2.21. The Morgan fingerprint density at radius 2 is 1.94 bits per heavy atom. The van der Waals surface area contributed by atoms with Crippen LogP contribution in [0.25, 0.3) is 0 Å². The van der Waals surface area contributed by atoms with E-state index in [2.05, 4.69) is 26.1 Å². The molecule has 0 aliphatic heterocycles. The molecule has 0 saturated heterocycles. The summed E-state index contributed by atoms with van der Waals surface area (Å²) in [6.07, 6.45) is 1.10. The molecule has 0 aromatic heterocycles. The van der Waals surface area contributed by atoms with Crippen molar-refractivity contribution in [1.82, 2.24) is 5.32 Å². The number of benzene rings is 1. The van der Waals surface area contributed by atoms with E-state index in [1.54, 1.807) is 12.1 Å². The van der Waals surface area contributed by atoms with Gasteiger partial charge in [-0.1, -0.05) is 26.0 Å². The van der Waals surface area contributed by atoms with E-state index in [0.717, 1.165) is 12.0 Å². The first-order valence-corrected chi connectivity index (χ1v) is 6.40. The normalized spacial score (nSPS) is 14.5. The lowest BCUT2D eigenvalue weighted by molar-refractivity contribution is -0.384. The van der Waals surface area contributed by atoms with Crippen molar-refractivity contribution in [2.75, 3.05) is 0 Å². The van der Waals surface area contributed by atoms with Crippen LogP contribution in [0.4, 0.5) is 5.69 Å². The summed E-state index contributed by atoms with van der Waals surface area (Å²) >= 11 is 0. The molecule has 0 fully saturated rings. The van der Waals surface area contributed by atoms with Gasteiger partial charge in [-0.3, -0.25) is 10.1 Å². The van der Waals surface area contributed by atoms with Gasteiger partial charge in [-0.05, 0) is 31.7 Å². The fraction of sp³-hybridized carbons (Fsp3) is 0.571. The van der Waals surface area contributed by atoms with Crippen LogP contribution in [0.15, 0.2) is 24.3 Å². The Morgan fingerprint density at radius 3 is 2.50 bits per heavy atom. The third kappa shape index (κ3) is 4.45. The quantitative estimate of drug-likeness (QED) is 0.619. The van der Waals surface area contributed by atoms with Crippen molar-refractivity contribution in [2.45, 2.75) is 46.2 Å². The van der Waals surface area contributed by atoms with Crippen LogP contribution >= 0.6 is 0 Å². The molecule has 2 atom stereocenters. The summed E-state index contributed by atoms with van der Waals surface area (Å²) in [7, 11) is 0. The minimum absolute atomic E-state index is 0.124. The van der Waals surface area contributed by atoms with E-state index >= 15 is 0 Å². The zero-order valence-electron chi connectivity index (χ0n) is 11.5. The van der Waals surface area contributed by atoms with Crippen molar-refractivity contribution >= 4 is 5.69 Å². The second-order valence-corrected chi connectivity index (χ2v) is 5.27. The summed E-state index contributed by atoms with van der Waals surface area (Å²) < 4.78 is 0. The molecule has 1 rings (SSSR count). The maximum absolute atomic E-state index is 10.7. The summed E-state index contributed by atoms with van der Waals surface area (Å²) in [4.78, 5) is 10.4. The highest BCUT2D eigenvalue weighted by atomic mass is 16.6. The molecule has 1 aromatic carbocycles. The highest BCUT2D eigenvalue weighted by Gasteiger charge is 2.13. The largest absolute Gasteiger partial charge is 0.308 e. The number of nitrogens with one attached hydrogen (secondary N) is 1. The Labute approximate surface area is 109 Å². The highest BCUT2D eigenvalue weighted by molar-refractivity contribution is 5.35. The molecule has 100 valence electrons. The number of nitro groups is 1. The number of non-ortho nitro benzene ring substituents is 1. The van der Waals surface area contributed by atoms with E-state index in [-0.39, 0.29) is 16.7 Å². The van der Waals surface area contributed by atoms with E-state index in [1.807, 2.05) is 13.0 Å². The first-order valence-electron chi connectivity index (χ1n) is 6.40. The van der Waals surface area contributed by atoms with Gasteiger partial charge in [0.05, 0.1) is 4.92 Å². The summed E-state index contributed by atoms with van der Waals surface area (Å²) in [5.41, 5.74) is 1.11. The van der Waals surface area contributed by atoms with Crippen LogP contribution in [0.3, 0.4) is 0 Å². The SMILES string of the molecule is CC(C)CC(C)NC(C)c1cccc([N+](=O)[O-])c1. The number of nitro benzene ring substituents is 1. The standard InChI is InChI=1S/C14H22N2O2/c1-10(2)8-11(3)15-12(4)13-6-5-7-14(9-13)16(17)18/h5-7,9-12,15H,8H2,1-4H3. The molecule has 0 spiro atoms. The molecule has 4 nitrogen and oxygen atoms in total. The van der Waals surface area contributed by atoms with Crippen LogP contribution in [0, 0.1) is 16.0 Å². The zero-order chi connectivity index (χ0) is 13.7. The summed E-state index contributed by atoms with van der Waals surface area (Å²) in [5.74, 6) is 0.643. The Bertz CT molecular complexity index is 405. The molecule has 0 aliphatic carbocycles. The van der Waals surface area contributed by atoms with Crippen molar-refractivity contribution in [3.8, 4) is 0 Å². The fourth-order valence-corrected chi connectivity index (χ4v) is 2.21. The average Bonchev–Trinajstić information content (AvgIpc) is 2.27. The topological polar surface area (TPSA) is 55.2 Å². The predicted octanol–water partition coefficient (Wildman–Crippen LogP) is 3.68. The lowest BCUT2D eigenvalue weighted by atomic mass is 10.0. The minimum atomic E-state index is -0.353. The van der Waals surface area contributed by atoms with Gasteiger partial charge in [0.1, 0.15) is 0 Å². The zero-order valence-corrected chi connectivity index (χ0v) is 11.5. The van der Waals surface area contributed by atoms with Gasteiger partial charge < -0.3 is 5.32 Å². The van der Waals surface area contributed by atoms with Crippen LogP contribution in [-0.4, -0.2) is 11.0 Å². The van der Waals surface area contributed by atoms with E-state index in [1.165, 1.54) is 6.07 Å². The summed E-state index contributed by atoms with van der Waals surface area (Å²) in [5, 5.41) is 14.2. The van der Waals surface area contributed by atoms with Crippen molar-refractivity contribution in [2.24, 2.45) is 5.92 Å². The second-order valence-electron chi connectivity index (χ2n) is 5.27. The maximum Gasteiger partial charge on any atom is 0.269 e. The number of hydrogen-bond acceptors (Lipinski definition) is 3. The molecule has 4 heteroatoms. The van der Waals surface area contributed by atoms with Gasteiger partial charge in [0.15, 0.2) is 0 Å². The number of nitrogens with zero attached hydrogens (tertiary/aromatic N) is 1. The van der Waals surface area contributed by atoms with E-state index in [0.29, 0.717) is 12.0 Å². The molecule has 0 radical (unpaired) electrons. The Morgan fingerprint density at radius 1 is 1.28 bits per heavy atom. The average molecular weight is 250 g/mol. The third-order valence-electron chi connectivity index (χ3n) is 2.94. The second kappa shape index (κ2) is 6.50. The molecule has 18 heavy (non-hydrogen) atoms. The molecule has 0 amide bonds. The van der Waals surface area contributed by atoms with Gasteiger partial charge in [-0.25, -0.2) is 0 Å². The van der Waals surface area contributed by atoms with Gasteiger partial charge in [0, 0.05) is 24.2 Å². The molecule has 1 N–H and O–H groups in total. The molecule has 2 unspecified atom stereocenters. The van der Waals surface area contributed by atoms with Gasteiger partial charge in [0.2, 0.25) is 0 Å². The highest BCUT2D eigenvalue weighted by Crippen LogP contribution is 2.20. The first-order chi connectivity index (χ1) is 8.40. The van der Waals surface area contributed by atoms with Gasteiger partial charge in [0.25, 0.3) is 5.69 Å². The lowest BCUT2D eigenvalue weighted by Crippen LogP contribution is -2.30. The van der Waals surface area contributed by atoms with Crippen LogP contribution in [-0.2, 0) is 0 Å². The van der Waals surface area contributed by atoms with Gasteiger partial charge in [-0.15, -0.1) is 0 Å². The predicted molar refractivity (Wildman–Crippen MR) is 73.6 cm³/mol. The Balaban J connectivity index is 2.69. The van der Waals surface area contributed by atoms with Crippen LogP contribution < -0.4 is 5.32 Å². The lowest BCUT2D eigenvalue weighted by Gasteiger charge is -2.21. The maximum atomic E-state index is 10.7. The van der Waals surface area contributed by atoms with Crippen molar-refractivity contribution in [3.05, 3.63) is 39.9 Å². The van der Waals surface area contributed by atoms with Crippen molar-refractivity contribution in [1.29, 1.82) is 0 Å². The van der Waals surface area contributed by atoms with E-state index < -0.39 is 0 Å². The van der Waals surface area contributed by atoms with Gasteiger partial charge in [-0.2, -0.15) is 0 Å². The van der Waals surface area contributed by atoms with Crippen LogP contribution in [0.1, 0.15) is 45.7 Å². The molecule has 0 bridgehead atoms. The molecule has 1 aromatic rings. The minimum Gasteiger partial charge on any atom is -0.308 e. The molecule has 0 heterocycles. The van der Waals surface area contributed by atoms with Crippen molar-refractivity contribution in [3.63, 3.8) is 0 Å². The molecule has 0 saturated carbocycles. The van der Waals surface area contributed by atoms with E-state index in [4.69, 9.17) is 0 Å². The third-order valence-corrected chi connectivity index (χ3v) is 2.94. The summed E-state index contributed by atoms with van der Waals surface area (Å²) in [6.45, 7) is 8.57. The number of hydrogen-bond donors (Lipinski definition) is 1. The van der Waals surface area contributed by atoms with Crippen molar-refractivity contribution < 1.29 is 4.92 Å². The van der Waals surface area contributed by atoms with Gasteiger partial charge >= 0.3 is 0 Å². The Hall–Kier alpha value is -1.42. The molecule has 0 aliphatic rings. The molecular formula is C14H22N2O2. The first kappa shape index (κ1) is 14.6. The summed E-state index contributed by atoms with van der Waals surface area (Å²) in [6, 6.07) is 7.34. The van der Waals surface area contributed by atoms with Crippen LogP contribution in [0.2, 0.25) is 0 Å².